The van der Waals surface area contributed by atoms with Gasteiger partial charge in [-0.1, -0.05) is 92.2 Å². The molecule has 0 saturated heterocycles. The molecule has 0 spiro atoms. The molecule has 10 nitrogen and oxygen atoms in total. The van der Waals surface area contributed by atoms with Gasteiger partial charge in [0.05, 0.1) is 52.9 Å². The van der Waals surface area contributed by atoms with Crippen molar-refractivity contribution in [2.75, 3.05) is 52.9 Å². The Morgan fingerprint density at radius 2 is 0.583 bits per heavy atom. The van der Waals surface area contributed by atoms with Crippen molar-refractivity contribution in [2.45, 2.75) is 118 Å². The molecule has 0 amide bonds. The van der Waals surface area contributed by atoms with Crippen LogP contribution in [0.2, 0.25) is 0 Å². The first-order valence-electron chi connectivity index (χ1n) is 22.3. The quantitative estimate of drug-likeness (QED) is 0.0204. The maximum atomic E-state index is 11.7. The molecule has 4 aromatic rings. The van der Waals surface area contributed by atoms with Gasteiger partial charge in [0.2, 0.25) is 0 Å². The Labute approximate surface area is 357 Å². The number of hydrogen-bond donors (Lipinski definition) is 0. The Hall–Kier alpha value is -5.12. The Morgan fingerprint density at radius 3 is 0.783 bits per heavy atom. The van der Waals surface area contributed by atoms with Crippen molar-refractivity contribution in [1.82, 2.24) is 0 Å². The van der Waals surface area contributed by atoms with E-state index in [4.69, 9.17) is 37.9 Å². The molecule has 4 rings (SSSR count). The number of fused-ring (bicyclic) bond motifs is 6. The van der Waals surface area contributed by atoms with Crippen LogP contribution in [0.25, 0.3) is 32.3 Å². The van der Waals surface area contributed by atoms with Gasteiger partial charge in [-0.15, -0.1) is 0 Å². The Bertz CT molecular complexity index is 1830. The number of benzene rings is 4. The maximum Gasteiger partial charge on any atom is 0.330 e. The van der Waals surface area contributed by atoms with E-state index in [9.17, 15) is 9.59 Å². The van der Waals surface area contributed by atoms with Crippen molar-refractivity contribution in [1.29, 1.82) is 0 Å². The molecule has 0 aliphatic heterocycles. The molecular weight excluding hydrogens is 761 g/mol. The summed E-state index contributed by atoms with van der Waals surface area (Å²) in [7, 11) is 0. The van der Waals surface area contributed by atoms with E-state index in [0.29, 0.717) is 87.0 Å². The summed E-state index contributed by atoms with van der Waals surface area (Å²) in [5.74, 6) is 2.94. The average Bonchev–Trinajstić information content (AvgIpc) is 3.26. The third-order valence-electron chi connectivity index (χ3n) is 10.1. The normalized spacial score (nSPS) is 11.1. The standard InChI is InChI=1S/C50H68O10/c1-7-13-17-23-53-43-31-37-38(32-44(43)54-24-18-14-8-2)40-34-46(56-26-20-16-10-4)48(58-28-22-30-60-50(52)12-6)36-42(40)41-35-47(57-27-21-29-59-49(51)11-5)45(33-39(37)41)55-25-19-15-9-3/h11-12,31-36H,5-10,13-30H2,1-4H3. The monoisotopic (exact) mass is 828 g/mol. The zero-order valence-electron chi connectivity index (χ0n) is 36.7. The highest BCUT2D eigenvalue weighted by Gasteiger charge is 2.21. The van der Waals surface area contributed by atoms with Gasteiger partial charge in [0, 0.05) is 25.0 Å². The summed E-state index contributed by atoms with van der Waals surface area (Å²) in [4.78, 5) is 23.4. The van der Waals surface area contributed by atoms with Crippen LogP contribution in [0.4, 0.5) is 0 Å². The van der Waals surface area contributed by atoms with Crippen LogP contribution in [-0.2, 0) is 19.1 Å². The van der Waals surface area contributed by atoms with Crippen molar-refractivity contribution >= 4 is 44.3 Å². The Kier molecular flexibility index (Phi) is 21.3. The molecule has 4 aromatic carbocycles. The summed E-state index contributed by atoms with van der Waals surface area (Å²) in [6.45, 7) is 19.0. The van der Waals surface area contributed by atoms with E-state index in [1.807, 2.05) is 12.1 Å². The molecule has 0 N–H and O–H groups in total. The highest BCUT2D eigenvalue weighted by Crippen LogP contribution is 2.47. The second kappa shape index (κ2) is 26.9. The largest absolute Gasteiger partial charge is 0.490 e. The van der Waals surface area contributed by atoms with Crippen LogP contribution in [0.3, 0.4) is 0 Å². The van der Waals surface area contributed by atoms with Crippen LogP contribution in [0.1, 0.15) is 118 Å². The van der Waals surface area contributed by atoms with E-state index in [0.717, 1.165) is 122 Å². The van der Waals surface area contributed by atoms with Gasteiger partial charge >= 0.3 is 11.9 Å². The molecule has 0 atom stereocenters. The lowest BCUT2D eigenvalue weighted by Gasteiger charge is -2.21. The van der Waals surface area contributed by atoms with Crippen molar-refractivity contribution < 1.29 is 47.5 Å². The van der Waals surface area contributed by atoms with Gasteiger partial charge in [-0.25, -0.2) is 9.59 Å². The number of rotatable bonds is 32. The second-order valence-corrected chi connectivity index (χ2v) is 14.9. The van der Waals surface area contributed by atoms with Crippen LogP contribution in [0, 0.1) is 0 Å². The van der Waals surface area contributed by atoms with Gasteiger partial charge in [-0.05, 0) is 94.4 Å². The number of ether oxygens (including phenoxy) is 8. The van der Waals surface area contributed by atoms with Crippen LogP contribution in [-0.4, -0.2) is 64.8 Å². The van der Waals surface area contributed by atoms with Gasteiger partial charge in [0.25, 0.3) is 0 Å². The molecule has 0 heterocycles. The Balaban J connectivity index is 1.96. The van der Waals surface area contributed by atoms with Gasteiger partial charge in [-0.2, -0.15) is 0 Å². The molecule has 0 bridgehead atoms. The van der Waals surface area contributed by atoms with E-state index in [-0.39, 0.29) is 13.2 Å². The van der Waals surface area contributed by atoms with Crippen LogP contribution >= 0.6 is 0 Å². The fourth-order valence-corrected chi connectivity index (χ4v) is 6.78. The second-order valence-electron chi connectivity index (χ2n) is 14.9. The predicted octanol–water partition coefficient (Wildman–Crippen LogP) is 12.4. The lowest BCUT2D eigenvalue weighted by molar-refractivity contribution is -0.138. The summed E-state index contributed by atoms with van der Waals surface area (Å²) in [6.07, 6.45) is 15.6. The minimum absolute atomic E-state index is 0.205. The predicted molar refractivity (Wildman–Crippen MR) is 242 cm³/mol. The van der Waals surface area contributed by atoms with Crippen molar-refractivity contribution in [2.24, 2.45) is 0 Å². The summed E-state index contributed by atoms with van der Waals surface area (Å²) >= 11 is 0. The van der Waals surface area contributed by atoms with Crippen molar-refractivity contribution in [3.05, 3.63) is 61.7 Å². The molecule has 0 unspecified atom stereocenters. The molecule has 0 aliphatic rings. The number of unbranched alkanes of at least 4 members (excludes halogenated alkanes) is 8. The first-order chi connectivity index (χ1) is 29.4. The van der Waals surface area contributed by atoms with E-state index < -0.39 is 11.9 Å². The van der Waals surface area contributed by atoms with Crippen molar-refractivity contribution in [3.63, 3.8) is 0 Å². The van der Waals surface area contributed by atoms with E-state index in [1.54, 1.807) is 0 Å². The molecular formula is C50H68O10. The summed E-state index contributed by atoms with van der Waals surface area (Å²) in [5, 5.41) is 5.76. The first-order valence-corrected chi connectivity index (χ1v) is 22.3. The molecule has 10 heteroatoms. The summed E-state index contributed by atoms with van der Waals surface area (Å²) < 4.78 is 49.3. The van der Waals surface area contributed by atoms with Crippen molar-refractivity contribution in [3.8, 4) is 34.5 Å². The highest BCUT2D eigenvalue weighted by atomic mass is 16.5. The minimum Gasteiger partial charge on any atom is -0.490 e. The van der Waals surface area contributed by atoms with Gasteiger partial charge < -0.3 is 37.9 Å². The highest BCUT2D eigenvalue weighted by molar-refractivity contribution is 6.26. The molecule has 0 radical (unpaired) electrons. The molecule has 0 fully saturated rings. The fourth-order valence-electron chi connectivity index (χ4n) is 6.78. The fraction of sp³-hybridized carbons (Fsp3) is 0.520. The maximum absolute atomic E-state index is 11.7. The van der Waals surface area contributed by atoms with Crippen LogP contribution in [0.15, 0.2) is 61.7 Å². The third kappa shape index (κ3) is 14.6. The van der Waals surface area contributed by atoms with Crippen LogP contribution < -0.4 is 28.4 Å². The number of esters is 2. The Morgan fingerprint density at radius 1 is 0.367 bits per heavy atom. The third-order valence-corrected chi connectivity index (χ3v) is 10.1. The molecule has 0 aliphatic carbocycles. The summed E-state index contributed by atoms with van der Waals surface area (Å²) in [5.41, 5.74) is 0. The van der Waals surface area contributed by atoms with E-state index >= 15 is 0 Å². The smallest absolute Gasteiger partial charge is 0.330 e. The molecule has 328 valence electrons. The lowest BCUT2D eigenvalue weighted by atomic mass is 9.93. The van der Waals surface area contributed by atoms with Gasteiger partial charge in [-0.3, -0.25) is 0 Å². The number of carbonyl (C=O) groups is 2. The van der Waals surface area contributed by atoms with Crippen LogP contribution in [0.5, 0.6) is 34.5 Å². The van der Waals surface area contributed by atoms with Gasteiger partial charge in [0.15, 0.2) is 34.5 Å². The topological polar surface area (TPSA) is 108 Å². The summed E-state index contributed by atoms with van der Waals surface area (Å²) in [6, 6.07) is 12.5. The lowest BCUT2D eigenvalue weighted by Crippen LogP contribution is -2.08. The SMILES string of the molecule is C=CC(=O)OCCCOc1cc2c(cc1OCCCCC)c1cc(OCCCCC)c(OCCCCC)cc1c1cc(OCCCCC)c(OCCCOC(=O)C=C)cc12. The molecule has 0 saturated carbocycles. The average molecular weight is 829 g/mol. The van der Waals surface area contributed by atoms with Gasteiger partial charge in [0.1, 0.15) is 0 Å². The molecule has 60 heavy (non-hydrogen) atoms. The number of hydrogen-bond acceptors (Lipinski definition) is 10. The number of carbonyl (C=O) groups excluding carboxylic acids is 2. The molecule has 0 aromatic heterocycles. The van der Waals surface area contributed by atoms with E-state index in [1.165, 1.54) is 0 Å². The van der Waals surface area contributed by atoms with E-state index in [2.05, 4.69) is 65.1 Å². The zero-order chi connectivity index (χ0) is 43.0. The zero-order valence-corrected chi connectivity index (χ0v) is 36.7. The first kappa shape index (κ1) is 47.6. The minimum atomic E-state index is -0.466.